The van der Waals surface area contributed by atoms with Gasteiger partial charge in [-0.3, -0.25) is 10.1 Å². The minimum Gasteiger partial charge on any atom is -0.334 e. The van der Waals surface area contributed by atoms with E-state index in [-0.39, 0.29) is 17.3 Å². The molecule has 3 rings (SSSR count). The van der Waals surface area contributed by atoms with Crippen LogP contribution in [0, 0.1) is 24.0 Å². The number of hydrogen-bond acceptors (Lipinski definition) is 7. The van der Waals surface area contributed by atoms with Gasteiger partial charge < -0.3 is 10.6 Å². The van der Waals surface area contributed by atoms with Crippen molar-refractivity contribution in [2.24, 2.45) is 0 Å². The van der Waals surface area contributed by atoms with E-state index in [1.165, 1.54) is 6.33 Å². The SMILES string of the molecule is Cc1cc(Cl)ccc1Nc1ncnc(Nc2ncccc2C)c1[N+](=O)[O-]. The lowest BCUT2D eigenvalue weighted by atomic mass is 10.2. The van der Waals surface area contributed by atoms with Crippen LogP contribution >= 0.6 is 11.6 Å². The van der Waals surface area contributed by atoms with Gasteiger partial charge in [-0.1, -0.05) is 17.7 Å². The summed E-state index contributed by atoms with van der Waals surface area (Å²) >= 11 is 5.95. The summed E-state index contributed by atoms with van der Waals surface area (Å²) in [6.45, 7) is 3.69. The van der Waals surface area contributed by atoms with Crippen LogP contribution in [0.15, 0.2) is 42.9 Å². The van der Waals surface area contributed by atoms with Gasteiger partial charge in [0.1, 0.15) is 12.1 Å². The van der Waals surface area contributed by atoms with Crippen molar-refractivity contribution in [3.05, 3.63) is 69.1 Å². The number of halogens is 1. The Kier molecular flexibility index (Phi) is 4.94. The molecule has 0 aliphatic heterocycles. The molecule has 0 aliphatic rings. The second-order valence-electron chi connectivity index (χ2n) is 5.55. The number of nitrogens with zero attached hydrogens (tertiary/aromatic N) is 4. The van der Waals surface area contributed by atoms with Gasteiger partial charge in [0.05, 0.1) is 4.92 Å². The Balaban J connectivity index is 2.01. The fourth-order valence-electron chi connectivity index (χ4n) is 2.36. The first-order chi connectivity index (χ1) is 12.5. The first kappa shape index (κ1) is 17.6. The van der Waals surface area contributed by atoms with Gasteiger partial charge in [-0.15, -0.1) is 0 Å². The molecule has 3 aromatic rings. The molecule has 0 aliphatic carbocycles. The molecule has 9 heteroatoms. The van der Waals surface area contributed by atoms with Crippen molar-refractivity contribution in [3.8, 4) is 0 Å². The molecule has 8 nitrogen and oxygen atoms in total. The zero-order valence-electron chi connectivity index (χ0n) is 14.0. The number of nitro groups is 1. The van der Waals surface area contributed by atoms with Gasteiger partial charge in [0.25, 0.3) is 0 Å². The van der Waals surface area contributed by atoms with Crippen LogP contribution in [0.5, 0.6) is 0 Å². The molecule has 0 fully saturated rings. The van der Waals surface area contributed by atoms with Crippen molar-refractivity contribution in [1.29, 1.82) is 0 Å². The highest BCUT2D eigenvalue weighted by atomic mass is 35.5. The van der Waals surface area contributed by atoms with E-state index in [9.17, 15) is 10.1 Å². The zero-order valence-corrected chi connectivity index (χ0v) is 14.8. The number of nitrogens with one attached hydrogen (secondary N) is 2. The van der Waals surface area contributed by atoms with E-state index in [1.807, 2.05) is 19.9 Å². The molecule has 0 saturated heterocycles. The lowest BCUT2D eigenvalue weighted by molar-refractivity contribution is -0.383. The molecule has 0 bridgehead atoms. The predicted octanol–water partition coefficient (Wildman–Crippen LogP) is 4.54. The fraction of sp³-hybridized carbons (Fsp3) is 0.118. The second kappa shape index (κ2) is 7.32. The maximum Gasteiger partial charge on any atom is 0.353 e. The summed E-state index contributed by atoms with van der Waals surface area (Å²) in [6, 6.07) is 8.82. The van der Waals surface area contributed by atoms with Gasteiger partial charge in [0.15, 0.2) is 0 Å². The number of anilines is 4. The predicted molar refractivity (Wildman–Crippen MR) is 100 cm³/mol. The summed E-state index contributed by atoms with van der Waals surface area (Å²) in [7, 11) is 0. The van der Waals surface area contributed by atoms with E-state index in [0.717, 1.165) is 11.1 Å². The van der Waals surface area contributed by atoms with E-state index in [0.29, 0.717) is 16.5 Å². The average Bonchev–Trinajstić information content (AvgIpc) is 2.59. The number of hydrogen-bond donors (Lipinski definition) is 2. The average molecular weight is 371 g/mol. The van der Waals surface area contributed by atoms with Gasteiger partial charge in [-0.05, 0) is 49.2 Å². The fourth-order valence-corrected chi connectivity index (χ4v) is 2.58. The summed E-state index contributed by atoms with van der Waals surface area (Å²) < 4.78 is 0. The van der Waals surface area contributed by atoms with Crippen LogP contribution in [0.4, 0.5) is 28.8 Å². The molecule has 0 radical (unpaired) electrons. The van der Waals surface area contributed by atoms with E-state index in [4.69, 9.17) is 11.6 Å². The highest BCUT2D eigenvalue weighted by Gasteiger charge is 2.24. The van der Waals surface area contributed by atoms with Crippen LogP contribution in [0.1, 0.15) is 11.1 Å². The Bertz CT molecular complexity index is 979. The standard InChI is InChI=1S/C17H15ClN6O2/c1-10-4-3-7-19-15(10)23-17-14(24(25)26)16(20-9-21-17)22-13-6-5-12(18)8-11(13)2/h3-9H,1-2H3,(H2,19,20,21,22,23). The maximum atomic E-state index is 11.7. The first-order valence-electron chi connectivity index (χ1n) is 7.67. The number of rotatable bonds is 5. The number of pyridine rings is 1. The molecule has 1 aromatic carbocycles. The highest BCUT2D eigenvalue weighted by Crippen LogP contribution is 2.34. The first-order valence-corrected chi connectivity index (χ1v) is 8.04. The monoisotopic (exact) mass is 370 g/mol. The van der Waals surface area contributed by atoms with Crippen molar-refractivity contribution in [1.82, 2.24) is 15.0 Å². The third kappa shape index (κ3) is 3.70. The Hall–Kier alpha value is -3.26. The van der Waals surface area contributed by atoms with Crippen LogP contribution in [0.25, 0.3) is 0 Å². The Morgan fingerprint density at radius 2 is 1.73 bits per heavy atom. The second-order valence-corrected chi connectivity index (χ2v) is 5.99. The van der Waals surface area contributed by atoms with Gasteiger partial charge >= 0.3 is 5.69 Å². The summed E-state index contributed by atoms with van der Waals surface area (Å²) in [5.41, 5.74) is 2.06. The number of aromatic nitrogens is 3. The smallest absolute Gasteiger partial charge is 0.334 e. The molecule has 26 heavy (non-hydrogen) atoms. The summed E-state index contributed by atoms with van der Waals surface area (Å²) in [5.74, 6) is 0.621. The van der Waals surface area contributed by atoms with Gasteiger partial charge in [-0.25, -0.2) is 15.0 Å². The van der Waals surface area contributed by atoms with E-state index in [2.05, 4.69) is 25.6 Å². The zero-order chi connectivity index (χ0) is 18.7. The van der Waals surface area contributed by atoms with Crippen LogP contribution in [-0.2, 0) is 0 Å². The quantitative estimate of drug-likeness (QED) is 0.501. The van der Waals surface area contributed by atoms with Gasteiger partial charge in [-0.2, -0.15) is 0 Å². The van der Waals surface area contributed by atoms with Crippen LogP contribution in [0.2, 0.25) is 5.02 Å². The molecule has 0 spiro atoms. The molecular weight excluding hydrogens is 356 g/mol. The van der Waals surface area contributed by atoms with E-state index >= 15 is 0 Å². The summed E-state index contributed by atoms with van der Waals surface area (Å²) in [6.07, 6.45) is 2.85. The van der Waals surface area contributed by atoms with Crippen molar-refractivity contribution < 1.29 is 4.92 Å². The molecule has 0 atom stereocenters. The normalized spacial score (nSPS) is 10.4. The lowest BCUT2D eigenvalue weighted by Crippen LogP contribution is -2.07. The van der Waals surface area contributed by atoms with Crippen molar-refractivity contribution in [2.75, 3.05) is 10.6 Å². The van der Waals surface area contributed by atoms with E-state index in [1.54, 1.807) is 30.5 Å². The highest BCUT2D eigenvalue weighted by molar-refractivity contribution is 6.30. The van der Waals surface area contributed by atoms with E-state index < -0.39 is 4.92 Å². The summed E-state index contributed by atoms with van der Waals surface area (Å²) in [5, 5.41) is 18.1. The minimum absolute atomic E-state index is 0.0564. The third-order valence-corrected chi connectivity index (χ3v) is 3.93. The Labute approximate surface area is 154 Å². The van der Waals surface area contributed by atoms with Crippen molar-refractivity contribution in [3.63, 3.8) is 0 Å². The minimum atomic E-state index is -0.534. The maximum absolute atomic E-state index is 11.7. The molecule has 0 unspecified atom stereocenters. The van der Waals surface area contributed by atoms with Crippen LogP contribution in [-0.4, -0.2) is 19.9 Å². The summed E-state index contributed by atoms with van der Waals surface area (Å²) in [4.78, 5) is 23.3. The largest absolute Gasteiger partial charge is 0.353 e. The molecular formula is C17H15ClN6O2. The molecule has 2 N–H and O–H groups in total. The molecule has 132 valence electrons. The molecule has 2 heterocycles. The van der Waals surface area contributed by atoms with Crippen molar-refractivity contribution >= 4 is 40.4 Å². The van der Waals surface area contributed by atoms with Gasteiger partial charge in [0, 0.05) is 16.9 Å². The molecule has 0 saturated carbocycles. The Morgan fingerprint density at radius 3 is 2.38 bits per heavy atom. The molecule has 0 amide bonds. The number of aryl methyl sites for hydroxylation is 2. The van der Waals surface area contributed by atoms with Crippen LogP contribution < -0.4 is 10.6 Å². The number of benzene rings is 1. The third-order valence-electron chi connectivity index (χ3n) is 3.69. The molecule has 2 aromatic heterocycles. The Morgan fingerprint density at radius 1 is 1.00 bits per heavy atom. The topological polar surface area (TPSA) is 106 Å². The van der Waals surface area contributed by atoms with Crippen molar-refractivity contribution in [2.45, 2.75) is 13.8 Å². The van der Waals surface area contributed by atoms with Gasteiger partial charge in [0.2, 0.25) is 11.6 Å². The lowest BCUT2D eigenvalue weighted by Gasteiger charge is -2.12. The van der Waals surface area contributed by atoms with Crippen LogP contribution in [0.3, 0.4) is 0 Å².